The molecule has 0 aliphatic heterocycles. The molecule has 1 rings (SSSR count). The SMILES string of the molecule is C=C/C=C(\C=C/C)c1ccccc1CBr. The van der Waals surface area contributed by atoms with Crippen LogP contribution in [0.5, 0.6) is 0 Å². The molecular formula is C14H15Br. The molecule has 1 aromatic rings. The van der Waals surface area contributed by atoms with Crippen LogP contribution in [0.3, 0.4) is 0 Å². The minimum absolute atomic E-state index is 0.870. The van der Waals surface area contributed by atoms with Crippen molar-refractivity contribution >= 4 is 21.5 Å². The maximum atomic E-state index is 3.74. The summed E-state index contributed by atoms with van der Waals surface area (Å²) in [5, 5.41) is 0.870. The third kappa shape index (κ3) is 3.21. The van der Waals surface area contributed by atoms with Gasteiger partial charge < -0.3 is 0 Å². The van der Waals surface area contributed by atoms with Crippen LogP contribution in [-0.2, 0) is 5.33 Å². The molecule has 0 heterocycles. The van der Waals surface area contributed by atoms with Crippen molar-refractivity contribution in [2.45, 2.75) is 12.3 Å². The molecule has 0 radical (unpaired) electrons. The van der Waals surface area contributed by atoms with Gasteiger partial charge in [0.25, 0.3) is 0 Å². The molecule has 0 atom stereocenters. The topological polar surface area (TPSA) is 0 Å². The zero-order chi connectivity index (χ0) is 11.1. The highest BCUT2D eigenvalue weighted by molar-refractivity contribution is 9.08. The molecule has 0 nitrogen and oxygen atoms in total. The number of hydrogen-bond donors (Lipinski definition) is 0. The van der Waals surface area contributed by atoms with E-state index in [1.54, 1.807) is 0 Å². The van der Waals surface area contributed by atoms with Crippen molar-refractivity contribution in [1.29, 1.82) is 0 Å². The predicted molar refractivity (Wildman–Crippen MR) is 72.1 cm³/mol. The predicted octanol–water partition coefficient (Wildman–Crippen LogP) is 4.73. The normalized spacial score (nSPS) is 12.0. The standard InChI is InChI=1S/C14H15Br/c1-3-7-12(8-4-2)14-10-6-5-9-13(14)11-15/h3-10H,1,11H2,2H3/b8-4-,12-7+. The minimum Gasteiger partial charge on any atom is -0.0990 e. The van der Waals surface area contributed by atoms with Crippen LogP contribution in [0.4, 0.5) is 0 Å². The fourth-order valence-electron chi connectivity index (χ4n) is 1.46. The molecule has 0 fully saturated rings. The lowest BCUT2D eigenvalue weighted by atomic mass is 10.00. The molecule has 15 heavy (non-hydrogen) atoms. The second-order valence-electron chi connectivity index (χ2n) is 3.15. The molecule has 1 heteroatoms. The van der Waals surface area contributed by atoms with Gasteiger partial charge in [0.2, 0.25) is 0 Å². The molecule has 0 spiro atoms. The summed E-state index contributed by atoms with van der Waals surface area (Å²) in [6.45, 7) is 5.76. The van der Waals surface area contributed by atoms with E-state index in [0.717, 1.165) is 5.33 Å². The van der Waals surface area contributed by atoms with Gasteiger partial charge >= 0.3 is 0 Å². The van der Waals surface area contributed by atoms with Crippen molar-refractivity contribution in [3.8, 4) is 0 Å². The first kappa shape index (κ1) is 12.0. The van der Waals surface area contributed by atoms with E-state index in [0.29, 0.717) is 0 Å². The van der Waals surface area contributed by atoms with Crippen molar-refractivity contribution in [1.82, 2.24) is 0 Å². The monoisotopic (exact) mass is 262 g/mol. The Morgan fingerprint density at radius 1 is 1.40 bits per heavy atom. The zero-order valence-corrected chi connectivity index (χ0v) is 10.5. The molecule has 0 aliphatic rings. The number of rotatable bonds is 4. The van der Waals surface area contributed by atoms with Crippen LogP contribution in [0.1, 0.15) is 18.1 Å². The Balaban J connectivity index is 3.21. The van der Waals surface area contributed by atoms with Gasteiger partial charge in [-0.25, -0.2) is 0 Å². The highest BCUT2D eigenvalue weighted by Crippen LogP contribution is 2.22. The molecule has 0 aromatic heterocycles. The quantitative estimate of drug-likeness (QED) is 0.544. The second-order valence-corrected chi connectivity index (χ2v) is 3.71. The molecule has 1 aromatic carbocycles. The van der Waals surface area contributed by atoms with Gasteiger partial charge in [0.1, 0.15) is 0 Å². The Labute approximate surface area is 100 Å². The third-order valence-electron chi connectivity index (χ3n) is 2.12. The second kappa shape index (κ2) is 6.41. The van der Waals surface area contributed by atoms with E-state index in [4.69, 9.17) is 0 Å². The average molecular weight is 263 g/mol. The Morgan fingerprint density at radius 2 is 2.13 bits per heavy atom. The fraction of sp³-hybridized carbons (Fsp3) is 0.143. The first-order valence-electron chi connectivity index (χ1n) is 4.93. The van der Waals surface area contributed by atoms with Gasteiger partial charge in [-0.2, -0.15) is 0 Å². The summed E-state index contributed by atoms with van der Waals surface area (Å²) < 4.78 is 0. The van der Waals surface area contributed by atoms with Crippen molar-refractivity contribution in [2.24, 2.45) is 0 Å². The number of halogens is 1. The summed E-state index contributed by atoms with van der Waals surface area (Å²) >= 11 is 3.50. The van der Waals surface area contributed by atoms with Crippen LogP contribution in [0.15, 0.2) is 55.1 Å². The molecule has 0 saturated carbocycles. The Morgan fingerprint density at radius 3 is 2.73 bits per heavy atom. The minimum atomic E-state index is 0.870. The van der Waals surface area contributed by atoms with Crippen molar-refractivity contribution < 1.29 is 0 Å². The van der Waals surface area contributed by atoms with Crippen LogP contribution in [0.25, 0.3) is 5.57 Å². The van der Waals surface area contributed by atoms with Crippen molar-refractivity contribution in [2.75, 3.05) is 0 Å². The molecule has 0 saturated heterocycles. The van der Waals surface area contributed by atoms with Gasteiger partial charge in [-0.3, -0.25) is 0 Å². The molecule has 0 amide bonds. The number of alkyl halides is 1. The highest BCUT2D eigenvalue weighted by atomic mass is 79.9. The smallest absolute Gasteiger partial charge is 0.0289 e. The summed E-state index contributed by atoms with van der Waals surface area (Å²) in [5.41, 5.74) is 3.75. The average Bonchev–Trinajstić information content (AvgIpc) is 2.29. The maximum absolute atomic E-state index is 3.74. The van der Waals surface area contributed by atoms with Crippen molar-refractivity contribution in [3.63, 3.8) is 0 Å². The summed E-state index contributed by atoms with van der Waals surface area (Å²) in [5.74, 6) is 0. The first-order valence-corrected chi connectivity index (χ1v) is 6.05. The Kier molecular flexibility index (Phi) is 5.13. The lowest BCUT2D eigenvalue weighted by molar-refractivity contribution is 1.40. The summed E-state index contributed by atoms with van der Waals surface area (Å²) in [6, 6.07) is 8.37. The summed E-state index contributed by atoms with van der Waals surface area (Å²) in [6.07, 6.45) is 7.99. The van der Waals surface area contributed by atoms with E-state index < -0.39 is 0 Å². The van der Waals surface area contributed by atoms with Gasteiger partial charge in [-0.15, -0.1) is 0 Å². The number of allylic oxidation sites excluding steroid dienone is 5. The molecule has 78 valence electrons. The van der Waals surface area contributed by atoms with E-state index in [9.17, 15) is 0 Å². The summed E-state index contributed by atoms with van der Waals surface area (Å²) in [7, 11) is 0. The van der Waals surface area contributed by atoms with E-state index >= 15 is 0 Å². The number of hydrogen-bond acceptors (Lipinski definition) is 0. The van der Waals surface area contributed by atoms with E-state index in [2.05, 4.69) is 52.9 Å². The molecular weight excluding hydrogens is 248 g/mol. The van der Waals surface area contributed by atoms with Crippen LogP contribution < -0.4 is 0 Å². The van der Waals surface area contributed by atoms with Crippen LogP contribution in [0, 0.1) is 0 Å². The maximum Gasteiger partial charge on any atom is 0.0289 e. The molecule has 0 unspecified atom stereocenters. The van der Waals surface area contributed by atoms with Gasteiger partial charge in [0.05, 0.1) is 0 Å². The van der Waals surface area contributed by atoms with Gasteiger partial charge in [-0.1, -0.05) is 71.1 Å². The highest BCUT2D eigenvalue weighted by Gasteiger charge is 2.02. The first-order chi connectivity index (χ1) is 7.33. The van der Waals surface area contributed by atoms with Crippen molar-refractivity contribution in [3.05, 3.63) is 66.3 Å². The Bertz CT molecular complexity index is 386. The lowest BCUT2D eigenvalue weighted by Gasteiger charge is -2.07. The lowest BCUT2D eigenvalue weighted by Crippen LogP contribution is -1.88. The summed E-state index contributed by atoms with van der Waals surface area (Å²) in [4.78, 5) is 0. The van der Waals surface area contributed by atoms with Crippen LogP contribution in [-0.4, -0.2) is 0 Å². The fourth-order valence-corrected chi connectivity index (χ4v) is 1.95. The third-order valence-corrected chi connectivity index (χ3v) is 2.72. The van der Waals surface area contributed by atoms with E-state index in [1.165, 1.54) is 16.7 Å². The number of benzene rings is 1. The molecule has 0 aliphatic carbocycles. The molecule has 0 N–H and O–H groups in total. The Hall–Kier alpha value is -1.08. The largest absolute Gasteiger partial charge is 0.0990 e. The van der Waals surface area contributed by atoms with E-state index in [1.807, 2.05) is 25.2 Å². The van der Waals surface area contributed by atoms with Gasteiger partial charge in [-0.05, 0) is 23.6 Å². The van der Waals surface area contributed by atoms with Gasteiger partial charge in [0.15, 0.2) is 0 Å². The molecule has 0 bridgehead atoms. The zero-order valence-electron chi connectivity index (χ0n) is 8.91. The van der Waals surface area contributed by atoms with Gasteiger partial charge in [0, 0.05) is 5.33 Å². The van der Waals surface area contributed by atoms with Crippen LogP contribution in [0.2, 0.25) is 0 Å². The van der Waals surface area contributed by atoms with Crippen LogP contribution >= 0.6 is 15.9 Å². The van der Waals surface area contributed by atoms with E-state index in [-0.39, 0.29) is 0 Å².